The molecule has 2 nitrogen and oxygen atoms in total. The van der Waals surface area contributed by atoms with Crippen LogP contribution < -0.4 is 0 Å². The summed E-state index contributed by atoms with van der Waals surface area (Å²) in [5.74, 6) is -1.04. The van der Waals surface area contributed by atoms with Crippen molar-refractivity contribution in [2.45, 2.75) is 57.8 Å². The van der Waals surface area contributed by atoms with Crippen LogP contribution in [0.25, 0.3) is 0 Å². The summed E-state index contributed by atoms with van der Waals surface area (Å²) in [7, 11) is 0. The Balaban J connectivity index is 2.34. The van der Waals surface area contributed by atoms with Crippen molar-refractivity contribution in [3.8, 4) is 0 Å². The molecule has 100 valence electrons. The van der Waals surface area contributed by atoms with Crippen LogP contribution in [0.1, 0.15) is 63.4 Å². The van der Waals surface area contributed by atoms with Crippen molar-refractivity contribution >= 4 is 5.97 Å². The summed E-state index contributed by atoms with van der Waals surface area (Å²) in [6.07, 6.45) is 7.97. The second-order valence-corrected chi connectivity index (χ2v) is 4.86. The van der Waals surface area contributed by atoms with Gasteiger partial charge in [-0.05, 0) is 12.0 Å². The quantitative estimate of drug-likeness (QED) is 0.648. The number of rotatable bonds is 9. The summed E-state index contributed by atoms with van der Waals surface area (Å²) in [5.41, 5.74) is 0.929. The van der Waals surface area contributed by atoms with E-state index >= 15 is 0 Å². The van der Waals surface area contributed by atoms with Gasteiger partial charge in [0, 0.05) is 0 Å². The molecule has 0 heterocycles. The molecule has 0 spiro atoms. The van der Waals surface area contributed by atoms with Crippen LogP contribution in [0, 0.1) is 0 Å². The Bertz CT molecular complexity index is 332. The second kappa shape index (κ2) is 8.73. The summed E-state index contributed by atoms with van der Waals surface area (Å²) in [6, 6.07) is 9.57. The van der Waals surface area contributed by atoms with Crippen LogP contribution in [-0.2, 0) is 4.79 Å². The molecule has 0 amide bonds. The maximum absolute atomic E-state index is 11.3. The summed E-state index contributed by atoms with van der Waals surface area (Å²) >= 11 is 0. The van der Waals surface area contributed by atoms with E-state index in [1.54, 1.807) is 0 Å². The highest BCUT2D eigenvalue weighted by molar-refractivity contribution is 5.75. The zero-order valence-corrected chi connectivity index (χ0v) is 11.3. The zero-order valence-electron chi connectivity index (χ0n) is 11.3. The lowest BCUT2D eigenvalue weighted by Gasteiger charge is -2.12. The Hall–Kier alpha value is -1.31. The van der Waals surface area contributed by atoms with Gasteiger partial charge in [-0.1, -0.05) is 75.8 Å². The first-order chi connectivity index (χ1) is 8.75. The molecule has 1 atom stereocenters. The topological polar surface area (TPSA) is 37.3 Å². The standard InChI is InChI=1S/C16H24O2/c1-2-3-4-5-6-10-13-15(16(17)18)14-11-8-7-9-12-14/h7-9,11-12,15H,2-6,10,13H2,1H3,(H,17,18)/t15-/m0/s1. The number of benzene rings is 1. The molecular formula is C16H24O2. The lowest BCUT2D eigenvalue weighted by atomic mass is 9.93. The van der Waals surface area contributed by atoms with Crippen molar-refractivity contribution in [1.82, 2.24) is 0 Å². The molecule has 1 aromatic rings. The molecule has 0 saturated carbocycles. The molecule has 0 saturated heterocycles. The number of carboxylic acid groups (broad SMARTS) is 1. The number of carboxylic acids is 1. The fourth-order valence-electron chi connectivity index (χ4n) is 2.25. The normalized spacial score (nSPS) is 12.3. The zero-order chi connectivity index (χ0) is 13.2. The number of unbranched alkanes of at least 4 members (excludes halogenated alkanes) is 5. The van der Waals surface area contributed by atoms with Gasteiger partial charge < -0.3 is 5.11 Å². The molecule has 0 aromatic heterocycles. The molecule has 0 aliphatic rings. The fraction of sp³-hybridized carbons (Fsp3) is 0.562. The average Bonchev–Trinajstić information content (AvgIpc) is 2.38. The van der Waals surface area contributed by atoms with Crippen LogP contribution in [0.2, 0.25) is 0 Å². The summed E-state index contributed by atoms with van der Waals surface area (Å²) in [4.78, 5) is 11.3. The maximum Gasteiger partial charge on any atom is 0.310 e. The maximum atomic E-state index is 11.3. The number of carbonyl (C=O) groups is 1. The van der Waals surface area contributed by atoms with Gasteiger partial charge in [0.15, 0.2) is 0 Å². The van der Waals surface area contributed by atoms with Gasteiger partial charge in [-0.25, -0.2) is 0 Å². The van der Waals surface area contributed by atoms with Crippen molar-refractivity contribution in [1.29, 1.82) is 0 Å². The Morgan fingerprint density at radius 1 is 1.06 bits per heavy atom. The van der Waals surface area contributed by atoms with E-state index in [0.717, 1.165) is 24.8 Å². The molecule has 2 heteroatoms. The minimum Gasteiger partial charge on any atom is -0.481 e. The van der Waals surface area contributed by atoms with Gasteiger partial charge in [0.25, 0.3) is 0 Å². The van der Waals surface area contributed by atoms with Crippen LogP contribution >= 0.6 is 0 Å². The van der Waals surface area contributed by atoms with Crippen LogP contribution in [0.3, 0.4) is 0 Å². The largest absolute Gasteiger partial charge is 0.481 e. The van der Waals surface area contributed by atoms with Crippen LogP contribution in [-0.4, -0.2) is 11.1 Å². The van der Waals surface area contributed by atoms with Crippen LogP contribution in [0.5, 0.6) is 0 Å². The first-order valence-electron chi connectivity index (χ1n) is 7.03. The Morgan fingerprint density at radius 3 is 2.28 bits per heavy atom. The Kier molecular flexibility index (Phi) is 7.16. The predicted octanol–water partition coefficient (Wildman–Crippen LogP) is 4.61. The molecule has 0 aliphatic carbocycles. The molecule has 0 radical (unpaired) electrons. The van der Waals surface area contributed by atoms with Gasteiger partial charge in [0.2, 0.25) is 0 Å². The molecule has 0 unspecified atom stereocenters. The van der Waals surface area contributed by atoms with Crippen molar-refractivity contribution in [3.63, 3.8) is 0 Å². The van der Waals surface area contributed by atoms with E-state index in [0.29, 0.717) is 0 Å². The minimum atomic E-state index is -0.699. The fourth-order valence-corrected chi connectivity index (χ4v) is 2.25. The van der Waals surface area contributed by atoms with E-state index in [4.69, 9.17) is 0 Å². The minimum absolute atomic E-state index is 0.336. The van der Waals surface area contributed by atoms with E-state index in [-0.39, 0.29) is 5.92 Å². The van der Waals surface area contributed by atoms with Gasteiger partial charge in [-0.3, -0.25) is 4.79 Å². The monoisotopic (exact) mass is 248 g/mol. The molecule has 18 heavy (non-hydrogen) atoms. The third kappa shape index (κ3) is 5.35. The Morgan fingerprint density at radius 2 is 1.67 bits per heavy atom. The van der Waals surface area contributed by atoms with Gasteiger partial charge in [-0.2, -0.15) is 0 Å². The van der Waals surface area contributed by atoms with E-state index in [2.05, 4.69) is 6.92 Å². The van der Waals surface area contributed by atoms with Crippen LogP contribution in [0.4, 0.5) is 0 Å². The lowest BCUT2D eigenvalue weighted by Crippen LogP contribution is -2.11. The van der Waals surface area contributed by atoms with Gasteiger partial charge in [-0.15, -0.1) is 0 Å². The van der Waals surface area contributed by atoms with Crippen LogP contribution in [0.15, 0.2) is 30.3 Å². The number of aliphatic carboxylic acids is 1. The first kappa shape index (κ1) is 14.7. The highest BCUT2D eigenvalue weighted by atomic mass is 16.4. The van der Waals surface area contributed by atoms with E-state index in [1.165, 1.54) is 25.7 Å². The van der Waals surface area contributed by atoms with Gasteiger partial charge in [0.05, 0.1) is 5.92 Å². The molecule has 0 fully saturated rings. The highest BCUT2D eigenvalue weighted by Crippen LogP contribution is 2.23. The van der Waals surface area contributed by atoms with Gasteiger partial charge in [0.1, 0.15) is 0 Å². The summed E-state index contributed by atoms with van der Waals surface area (Å²) < 4.78 is 0. The van der Waals surface area contributed by atoms with Gasteiger partial charge >= 0.3 is 5.97 Å². The first-order valence-corrected chi connectivity index (χ1v) is 7.03. The van der Waals surface area contributed by atoms with E-state index < -0.39 is 5.97 Å². The summed E-state index contributed by atoms with van der Waals surface area (Å²) in [6.45, 7) is 2.20. The third-order valence-corrected chi connectivity index (χ3v) is 3.35. The average molecular weight is 248 g/mol. The number of hydrogen-bond acceptors (Lipinski definition) is 1. The molecule has 1 rings (SSSR count). The summed E-state index contributed by atoms with van der Waals surface area (Å²) in [5, 5.41) is 9.27. The molecule has 1 N–H and O–H groups in total. The molecular weight excluding hydrogens is 224 g/mol. The van der Waals surface area contributed by atoms with Crippen molar-refractivity contribution in [2.75, 3.05) is 0 Å². The van der Waals surface area contributed by atoms with E-state index in [9.17, 15) is 9.90 Å². The Labute approximate surface area is 110 Å². The van der Waals surface area contributed by atoms with Crippen molar-refractivity contribution in [2.24, 2.45) is 0 Å². The van der Waals surface area contributed by atoms with Crippen molar-refractivity contribution < 1.29 is 9.90 Å². The highest BCUT2D eigenvalue weighted by Gasteiger charge is 2.18. The molecule has 0 aliphatic heterocycles. The number of hydrogen-bond donors (Lipinski definition) is 1. The van der Waals surface area contributed by atoms with Crippen molar-refractivity contribution in [3.05, 3.63) is 35.9 Å². The smallest absolute Gasteiger partial charge is 0.310 e. The molecule has 0 bridgehead atoms. The third-order valence-electron chi connectivity index (χ3n) is 3.35. The second-order valence-electron chi connectivity index (χ2n) is 4.86. The predicted molar refractivity (Wildman–Crippen MR) is 74.8 cm³/mol. The SMILES string of the molecule is CCCCCCCC[C@H](C(=O)O)c1ccccc1. The molecule has 1 aromatic carbocycles. The lowest BCUT2D eigenvalue weighted by molar-refractivity contribution is -0.139. The van der Waals surface area contributed by atoms with E-state index in [1.807, 2.05) is 30.3 Å².